The Morgan fingerprint density at radius 2 is 1.30 bits per heavy atom. The van der Waals surface area contributed by atoms with Crippen molar-refractivity contribution in [3.05, 3.63) is 0 Å². The highest BCUT2D eigenvalue weighted by atomic mass is 31.1. The van der Waals surface area contributed by atoms with Gasteiger partial charge in [-0.15, -0.1) is 9.05 Å². The molecule has 0 radical (unpaired) electrons. The van der Waals surface area contributed by atoms with Gasteiger partial charge in [-0.1, -0.05) is 0 Å². The standard InChI is InChI=1S/C18H38O10P2/c1-5-23-17(20)13-26-18(24-6-2)14-28-30(22)10-8-7-9-29(21)27-12-16(4)25-11-15(3)19/h15-20H,5-14H2,1-4H3/q+2. The molecule has 0 aromatic rings. The lowest BCUT2D eigenvalue weighted by molar-refractivity contribution is -0.207. The van der Waals surface area contributed by atoms with Crippen LogP contribution in [0.25, 0.3) is 0 Å². The van der Waals surface area contributed by atoms with E-state index in [1.54, 1.807) is 27.7 Å². The molecule has 6 atom stereocenters. The minimum absolute atomic E-state index is 0.0242. The van der Waals surface area contributed by atoms with Crippen LogP contribution in [0.5, 0.6) is 0 Å². The molecule has 0 amide bonds. The van der Waals surface area contributed by atoms with E-state index in [0.29, 0.717) is 38.4 Å². The highest BCUT2D eigenvalue weighted by Crippen LogP contribution is 2.28. The van der Waals surface area contributed by atoms with Crippen LogP contribution in [0, 0.1) is 0 Å². The maximum Gasteiger partial charge on any atom is 0.508 e. The molecular formula is C18H38O10P2+2. The first-order valence-electron chi connectivity index (χ1n) is 10.3. The van der Waals surface area contributed by atoms with Crippen molar-refractivity contribution >= 4 is 16.1 Å². The lowest BCUT2D eigenvalue weighted by Gasteiger charge is -2.17. The first-order chi connectivity index (χ1) is 14.3. The number of rotatable bonds is 21. The topological polar surface area (TPSA) is 130 Å². The van der Waals surface area contributed by atoms with Crippen molar-refractivity contribution in [1.82, 2.24) is 0 Å². The summed E-state index contributed by atoms with van der Waals surface area (Å²) in [6.45, 7) is 7.99. The van der Waals surface area contributed by atoms with Crippen molar-refractivity contribution < 1.29 is 47.3 Å². The fraction of sp³-hybridized carbons (Fsp3) is 1.00. The van der Waals surface area contributed by atoms with E-state index in [2.05, 4.69) is 0 Å². The molecule has 0 bridgehead atoms. The van der Waals surface area contributed by atoms with Crippen LogP contribution in [0.4, 0.5) is 0 Å². The second-order valence-corrected chi connectivity index (χ2v) is 9.27. The third-order valence-electron chi connectivity index (χ3n) is 3.50. The lowest BCUT2D eigenvalue weighted by Crippen LogP contribution is -2.28. The maximum atomic E-state index is 12.0. The van der Waals surface area contributed by atoms with E-state index in [1.807, 2.05) is 0 Å². The number of aliphatic hydroxyl groups excluding tert-OH is 2. The normalized spacial score (nSPS) is 16.7. The van der Waals surface area contributed by atoms with Crippen LogP contribution in [-0.2, 0) is 37.1 Å². The smallest absolute Gasteiger partial charge is 0.391 e. The van der Waals surface area contributed by atoms with Gasteiger partial charge in [0.1, 0.15) is 13.2 Å². The van der Waals surface area contributed by atoms with E-state index in [4.69, 9.17) is 33.1 Å². The number of ether oxygens (including phenoxy) is 4. The molecule has 0 fully saturated rings. The van der Waals surface area contributed by atoms with Gasteiger partial charge in [0.25, 0.3) is 0 Å². The van der Waals surface area contributed by atoms with Crippen LogP contribution in [0.3, 0.4) is 0 Å². The SMILES string of the molecule is CCOC(O)COC(CO[P+](=O)CCCC[P+](=O)OCC(C)OCC(C)O)OCC. The van der Waals surface area contributed by atoms with Crippen molar-refractivity contribution in [3.8, 4) is 0 Å². The molecule has 0 spiro atoms. The summed E-state index contributed by atoms with van der Waals surface area (Å²) in [6.07, 6.45) is -0.743. The van der Waals surface area contributed by atoms with Crippen LogP contribution in [0.15, 0.2) is 0 Å². The molecule has 0 aliphatic carbocycles. The molecule has 30 heavy (non-hydrogen) atoms. The molecular weight excluding hydrogens is 438 g/mol. The molecule has 0 aromatic heterocycles. The predicted octanol–water partition coefficient (Wildman–Crippen LogP) is 2.80. The largest absolute Gasteiger partial charge is 0.508 e. The van der Waals surface area contributed by atoms with Crippen molar-refractivity contribution in [2.45, 2.75) is 65.3 Å². The Labute approximate surface area is 181 Å². The second-order valence-electron chi connectivity index (χ2n) is 6.53. The summed E-state index contributed by atoms with van der Waals surface area (Å²) < 4.78 is 55.3. The van der Waals surface area contributed by atoms with Gasteiger partial charge in [-0.2, -0.15) is 0 Å². The second kappa shape index (κ2) is 19.6. The summed E-state index contributed by atoms with van der Waals surface area (Å²) in [5, 5.41) is 18.6. The Morgan fingerprint density at radius 3 is 1.83 bits per heavy atom. The van der Waals surface area contributed by atoms with Gasteiger partial charge in [0.05, 0.1) is 18.8 Å². The predicted molar refractivity (Wildman–Crippen MR) is 112 cm³/mol. The number of hydrogen-bond acceptors (Lipinski definition) is 10. The summed E-state index contributed by atoms with van der Waals surface area (Å²) >= 11 is 0. The number of unbranched alkanes of at least 4 members (excludes halogenated alkanes) is 1. The fourth-order valence-corrected chi connectivity index (χ4v) is 3.94. The highest BCUT2D eigenvalue weighted by molar-refractivity contribution is 7.39. The van der Waals surface area contributed by atoms with Crippen LogP contribution in [0.2, 0.25) is 0 Å². The summed E-state index contributed by atoms with van der Waals surface area (Å²) in [7, 11) is -3.71. The molecule has 0 aliphatic rings. The van der Waals surface area contributed by atoms with Gasteiger partial charge in [0.2, 0.25) is 0 Å². The molecule has 10 nitrogen and oxygen atoms in total. The minimum Gasteiger partial charge on any atom is -0.391 e. The third-order valence-corrected chi connectivity index (χ3v) is 5.73. The molecule has 12 heteroatoms. The average Bonchev–Trinajstić information content (AvgIpc) is 2.70. The lowest BCUT2D eigenvalue weighted by atomic mass is 10.4. The van der Waals surface area contributed by atoms with Gasteiger partial charge in [0.15, 0.2) is 31.5 Å². The first kappa shape index (κ1) is 29.9. The maximum absolute atomic E-state index is 12.0. The first-order valence-corrected chi connectivity index (χ1v) is 13.0. The monoisotopic (exact) mass is 476 g/mol. The van der Waals surface area contributed by atoms with Crippen LogP contribution in [-0.4, -0.2) is 87.0 Å². The van der Waals surface area contributed by atoms with E-state index in [-0.39, 0.29) is 32.5 Å². The Hall–Kier alpha value is -0.120. The molecule has 0 aromatic carbocycles. The van der Waals surface area contributed by atoms with Crippen molar-refractivity contribution in [3.63, 3.8) is 0 Å². The Morgan fingerprint density at radius 1 is 0.733 bits per heavy atom. The van der Waals surface area contributed by atoms with Crippen molar-refractivity contribution in [1.29, 1.82) is 0 Å². The summed E-state index contributed by atoms with van der Waals surface area (Å²) in [5.41, 5.74) is 0. The molecule has 0 rings (SSSR count). The summed E-state index contributed by atoms with van der Waals surface area (Å²) in [4.78, 5) is 0. The van der Waals surface area contributed by atoms with Gasteiger partial charge >= 0.3 is 16.1 Å². The quantitative estimate of drug-likeness (QED) is 0.145. The Bertz CT molecular complexity index is 453. The Kier molecular flexibility index (Phi) is 19.5. The van der Waals surface area contributed by atoms with E-state index >= 15 is 0 Å². The Balaban J connectivity index is 3.87. The van der Waals surface area contributed by atoms with Gasteiger partial charge in [-0.25, -0.2) is 0 Å². The molecule has 0 heterocycles. The summed E-state index contributed by atoms with van der Waals surface area (Å²) in [6, 6.07) is 0. The average molecular weight is 476 g/mol. The zero-order chi connectivity index (χ0) is 22.8. The zero-order valence-electron chi connectivity index (χ0n) is 18.4. The van der Waals surface area contributed by atoms with Crippen LogP contribution >= 0.6 is 16.1 Å². The van der Waals surface area contributed by atoms with E-state index in [0.717, 1.165) is 0 Å². The third kappa shape index (κ3) is 18.6. The van der Waals surface area contributed by atoms with Gasteiger partial charge < -0.3 is 29.2 Å². The van der Waals surface area contributed by atoms with E-state index in [9.17, 15) is 14.2 Å². The molecule has 0 saturated heterocycles. The number of hydrogen-bond donors (Lipinski definition) is 2. The molecule has 178 valence electrons. The van der Waals surface area contributed by atoms with Crippen molar-refractivity contribution in [2.24, 2.45) is 0 Å². The van der Waals surface area contributed by atoms with Crippen LogP contribution in [0.1, 0.15) is 40.5 Å². The number of aliphatic hydroxyl groups is 2. The van der Waals surface area contributed by atoms with Crippen molar-refractivity contribution in [2.75, 3.05) is 52.0 Å². The van der Waals surface area contributed by atoms with Crippen LogP contribution < -0.4 is 0 Å². The zero-order valence-corrected chi connectivity index (χ0v) is 20.2. The van der Waals surface area contributed by atoms with Gasteiger partial charge in [-0.3, -0.25) is 0 Å². The van der Waals surface area contributed by atoms with Gasteiger partial charge in [0, 0.05) is 13.2 Å². The molecule has 6 unspecified atom stereocenters. The van der Waals surface area contributed by atoms with E-state index in [1.165, 1.54) is 0 Å². The fourth-order valence-electron chi connectivity index (χ4n) is 2.06. The minimum atomic E-state index is -1.90. The molecule has 0 saturated carbocycles. The summed E-state index contributed by atoms with van der Waals surface area (Å²) in [5.74, 6) is 0. The van der Waals surface area contributed by atoms with Gasteiger partial charge in [-0.05, 0) is 49.7 Å². The van der Waals surface area contributed by atoms with E-state index < -0.39 is 34.7 Å². The molecule has 2 N–H and O–H groups in total. The highest BCUT2D eigenvalue weighted by Gasteiger charge is 2.24. The molecule has 0 aliphatic heterocycles.